The number of nitrogens with zero attached hydrogens (tertiary/aromatic N) is 1. The summed E-state index contributed by atoms with van der Waals surface area (Å²) in [6.45, 7) is 1.60. The number of aliphatic carboxylic acids is 1. The average molecular weight is 433 g/mol. The summed E-state index contributed by atoms with van der Waals surface area (Å²) < 4.78 is 5.32. The second-order valence-corrected chi connectivity index (χ2v) is 7.22. The van der Waals surface area contributed by atoms with Gasteiger partial charge in [-0.2, -0.15) is 0 Å². The van der Waals surface area contributed by atoms with Crippen molar-refractivity contribution in [3.8, 4) is 0 Å². The molecule has 2 aromatic carbocycles. The maximum Gasteiger partial charge on any atom is 0.332 e. The molecule has 8 heteroatoms. The first kappa shape index (κ1) is 23.4. The number of hydrogen-bond donors (Lipinski definition) is 2. The Kier molecular flexibility index (Phi) is 8.83. The van der Waals surface area contributed by atoms with Crippen LogP contribution < -0.4 is 5.32 Å². The first-order valence-electron chi connectivity index (χ1n) is 9.48. The van der Waals surface area contributed by atoms with Crippen molar-refractivity contribution >= 4 is 29.4 Å². The first-order valence-corrected chi connectivity index (χ1v) is 9.86. The molecule has 0 aliphatic rings. The van der Waals surface area contributed by atoms with Gasteiger partial charge in [0, 0.05) is 30.6 Å². The normalized spacial score (nSPS) is 12.6. The summed E-state index contributed by atoms with van der Waals surface area (Å²) in [5.74, 6) is -1.87. The average Bonchev–Trinajstić information content (AvgIpc) is 2.75. The molecule has 0 saturated heterocycles. The number of carboxylic acid groups (broad SMARTS) is 1. The van der Waals surface area contributed by atoms with E-state index in [0.717, 1.165) is 5.56 Å². The third-order valence-corrected chi connectivity index (χ3v) is 4.99. The van der Waals surface area contributed by atoms with Gasteiger partial charge in [0.2, 0.25) is 5.91 Å². The number of likely N-dealkylation sites (N-methyl/N-ethyl adjacent to an activating group) is 1. The van der Waals surface area contributed by atoms with Crippen LogP contribution in [0, 0.1) is 0 Å². The molecular weight excluding hydrogens is 408 g/mol. The van der Waals surface area contributed by atoms with Crippen LogP contribution in [0.15, 0.2) is 54.6 Å². The van der Waals surface area contributed by atoms with Crippen molar-refractivity contribution in [2.75, 3.05) is 20.2 Å². The van der Waals surface area contributed by atoms with E-state index in [0.29, 0.717) is 10.6 Å². The van der Waals surface area contributed by atoms with E-state index in [1.165, 1.54) is 4.90 Å². The Balaban J connectivity index is 1.82. The SMILES string of the molecule is CC(c1ccccc1)N(C)C(=O)COC(CCNC(=O)c1ccc(Cl)cc1)C(=O)O. The molecule has 0 aliphatic heterocycles. The summed E-state index contributed by atoms with van der Waals surface area (Å²) in [6, 6.07) is 15.7. The molecule has 0 spiro atoms. The second-order valence-electron chi connectivity index (χ2n) is 6.78. The van der Waals surface area contributed by atoms with E-state index >= 15 is 0 Å². The largest absolute Gasteiger partial charge is 0.479 e. The Morgan fingerprint density at radius 2 is 1.73 bits per heavy atom. The number of carbonyl (C=O) groups excluding carboxylic acids is 2. The molecule has 30 heavy (non-hydrogen) atoms. The second kappa shape index (κ2) is 11.3. The predicted molar refractivity (Wildman–Crippen MR) is 113 cm³/mol. The van der Waals surface area contributed by atoms with Crippen molar-refractivity contribution in [3.05, 3.63) is 70.7 Å². The zero-order chi connectivity index (χ0) is 22.1. The first-order chi connectivity index (χ1) is 14.3. The predicted octanol–water partition coefficient (Wildman–Crippen LogP) is 3.15. The summed E-state index contributed by atoms with van der Waals surface area (Å²) in [5, 5.41) is 12.5. The summed E-state index contributed by atoms with van der Waals surface area (Å²) in [7, 11) is 1.64. The van der Waals surface area contributed by atoms with Crippen molar-refractivity contribution in [3.63, 3.8) is 0 Å². The lowest BCUT2D eigenvalue weighted by Crippen LogP contribution is -2.37. The van der Waals surface area contributed by atoms with E-state index < -0.39 is 12.1 Å². The fourth-order valence-corrected chi connectivity index (χ4v) is 2.87. The highest BCUT2D eigenvalue weighted by molar-refractivity contribution is 6.30. The van der Waals surface area contributed by atoms with Gasteiger partial charge in [0.1, 0.15) is 6.61 Å². The minimum atomic E-state index is -1.21. The van der Waals surface area contributed by atoms with Crippen LogP contribution in [0.2, 0.25) is 5.02 Å². The molecule has 2 aromatic rings. The fraction of sp³-hybridized carbons (Fsp3) is 0.318. The van der Waals surface area contributed by atoms with Crippen LogP contribution in [-0.4, -0.2) is 54.1 Å². The van der Waals surface area contributed by atoms with Crippen LogP contribution in [0.4, 0.5) is 0 Å². The minimum Gasteiger partial charge on any atom is -0.479 e. The maximum atomic E-state index is 12.4. The van der Waals surface area contributed by atoms with Gasteiger partial charge in [-0.25, -0.2) is 4.79 Å². The number of carbonyl (C=O) groups is 3. The van der Waals surface area contributed by atoms with Crippen molar-refractivity contribution in [1.29, 1.82) is 0 Å². The molecule has 7 nitrogen and oxygen atoms in total. The van der Waals surface area contributed by atoms with Crippen molar-refractivity contribution < 1.29 is 24.2 Å². The Bertz CT molecular complexity index is 858. The van der Waals surface area contributed by atoms with Crippen LogP contribution in [0.1, 0.15) is 35.3 Å². The van der Waals surface area contributed by atoms with Crippen LogP contribution in [0.3, 0.4) is 0 Å². The standard InChI is InChI=1S/C22H25ClN2O5/c1-15(16-6-4-3-5-7-16)25(2)20(26)14-30-19(22(28)29)12-13-24-21(27)17-8-10-18(23)11-9-17/h3-11,15,19H,12-14H2,1-2H3,(H,24,27)(H,28,29). The van der Waals surface area contributed by atoms with Crippen LogP contribution in [0.25, 0.3) is 0 Å². The Hall–Kier alpha value is -2.90. The highest BCUT2D eigenvalue weighted by Crippen LogP contribution is 2.18. The number of amides is 2. The molecule has 2 atom stereocenters. The topological polar surface area (TPSA) is 95.9 Å². The zero-order valence-corrected chi connectivity index (χ0v) is 17.6. The monoisotopic (exact) mass is 432 g/mol. The molecule has 160 valence electrons. The molecule has 2 N–H and O–H groups in total. The number of ether oxygens (including phenoxy) is 1. The number of benzene rings is 2. The molecule has 0 bridgehead atoms. The Labute approximate surface area is 180 Å². The van der Waals surface area contributed by atoms with E-state index in [4.69, 9.17) is 16.3 Å². The number of nitrogens with one attached hydrogen (secondary N) is 1. The van der Waals surface area contributed by atoms with E-state index in [1.807, 2.05) is 37.3 Å². The number of carboxylic acids is 1. The molecular formula is C22H25ClN2O5. The minimum absolute atomic E-state index is 0.0277. The Morgan fingerprint density at radius 1 is 1.10 bits per heavy atom. The van der Waals surface area contributed by atoms with Gasteiger partial charge in [-0.3, -0.25) is 9.59 Å². The highest BCUT2D eigenvalue weighted by Gasteiger charge is 2.23. The van der Waals surface area contributed by atoms with E-state index in [9.17, 15) is 19.5 Å². The number of halogens is 1. The van der Waals surface area contributed by atoms with E-state index in [-0.39, 0.29) is 37.4 Å². The summed E-state index contributed by atoms with van der Waals surface area (Å²) in [4.78, 5) is 37.4. The molecule has 2 amide bonds. The fourth-order valence-electron chi connectivity index (χ4n) is 2.74. The third kappa shape index (κ3) is 6.86. The highest BCUT2D eigenvalue weighted by atomic mass is 35.5. The maximum absolute atomic E-state index is 12.4. The molecule has 2 unspecified atom stereocenters. The van der Waals surface area contributed by atoms with Gasteiger partial charge in [-0.05, 0) is 36.8 Å². The summed E-state index contributed by atoms with van der Waals surface area (Å²) >= 11 is 5.79. The molecule has 0 aromatic heterocycles. The molecule has 0 radical (unpaired) electrons. The molecule has 0 saturated carbocycles. The van der Waals surface area contributed by atoms with E-state index in [2.05, 4.69) is 5.32 Å². The summed E-state index contributed by atoms with van der Waals surface area (Å²) in [6.07, 6.45) is -1.18. The summed E-state index contributed by atoms with van der Waals surface area (Å²) in [5.41, 5.74) is 1.38. The van der Waals surface area contributed by atoms with Crippen molar-refractivity contribution in [2.24, 2.45) is 0 Å². The zero-order valence-electron chi connectivity index (χ0n) is 16.9. The lowest BCUT2D eigenvalue weighted by molar-refractivity contribution is -0.154. The van der Waals surface area contributed by atoms with Crippen molar-refractivity contribution in [2.45, 2.75) is 25.5 Å². The van der Waals surface area contributed by atoms with Gasteiger partial charge in [-0.1, -0.05) is 41.9 Å². The quantitative estimate of drug-likeness (QED) is 0.601. The third-order valence-electron chi connectivity index (χ3n) is 4.74. The van der Waals surface area contributed by atoms with Crippen LogP contribution in [0.5, 0.6) is 0 Å². The smallest absolute Gasteiger partial charge is 0.332 e. The van der Waals surface area contributed by atoms with Gasteiger partial charge in [0.05, 0.1) is 6.04 Å². The molecule has 0 aliphatic carbocycles. The van der Waals surface area contributed by atoms with Crippen LogP contribution >= 0.6 is 11.6 Å². The van der Waals surface area contributed by atoms with Gasteiger partial charge in [0.25, 0.3) is 5.91 Å². The van der Waals surface area contributed by atoms with Gasteiger partial charge in [-0.15, -0.1) is 0 Å². The molecule has 0 fully saturated rings. The molecule has 2 rings (SSSR count). The van der Waals surface area contributed by atoms with Gasteiger partial charge in [0.15, 0.2) is 6.10 Å². The van der Waals surface area contributed by atoms with Crippen LogP contribution in [-0.2, 0) is 14.3 Å². The lowest BCUT2D eigenvalue weighted by Gasteiger charge is -2.26. The van der Waals surface area contributed by atoms with Gasteiger partial charge >= 0.3 is 5.97 Å². The van der Waals surface area contributed by atoms with Crippen molar-refractivity contribution in [1.82, 2.24) is 10.2 Å². The van der Waals surface area contributed by atoms with Gasteiger partial charge < -0.3 is 20.1 Å². The van der Waals surface area contributed by atoms with E-state index in [1.54, 1.807) is 31.3 Å². The number of hydrogen-bond acceptors (Lipinski definition) is 4. The Morgan fingerprint density at radius 3 is 2.33 bits per heavy atom. The number of rotatable bonds is 10. The molecule has 0 heterocycles. The lowest BCUT2D eigenvalue weighted by atomic mass is 10.1.